The summed E-state index contributed by atoms with van der Waals surface area (Å²) in [5.41, 5.74) is 1.65. The SMILES string of the molecule is Cc1ccc(NC(=O)CSc2nc3sc(C)c(C)c3c(=O)n2Cc2ccco2)cc1F. The zero-order valence-electron chi connectivity index (χ0n) is 17.2. The molecule has 0 radical (unpaired) electrons. The largest absolute Gasteiger partial charge is 0.467 e. The first-order valence-corrected chi connectivity index (χ1v) is 11.4. The number of thioether (sulfide) groups is 1. The number of aromatic nitrogens is 2. The minimum Gasteiger partial charge on any atom is -0.467 e. The molecule has 6 nitrogen and oxygen atoms in total. The van der Waals surface area contributed by atoms with Gasteiger partial charge in [0.05, 0.1) is 23.9 Å². The number of rotatable bonds is 6. The average molecular weight is 458 g/mol. The van der Waals surface area contributed by atoms with Crippen LogP contribution in [0.1, 0.15) is 21.8 Å². The number of carbonyl (C=O) groups excluding carboxylic acids is 1. The second-order valence-electron chi connectivity index (χ2n) is 7.13. The van der Waals surface area contributed by atoms with Gasteiger partial charge in [0.25, 0.3) is 5.56 Å². The molecule has 0 saturated heterocycles. The van der Waals surface area contributed by atoms with Gasteiger partial charge in [0.1, 0.15) is 16.4 Å². The summed E-state index contributed by atoms with van der Waals surface area (Å²) in [5, 5.41) is 3.71. The molecule has 0 bridgehead atoms. The number of fused-ring (bicyclic) bond motifs is 1. The van der Waals surface area contributed by atoms with E-state index < -0.39 is 0 Å². The Bertz CT molecular complexity index is 1330. The first-order chi connectivity index (χ1) is 14.8. The van der Waals surface area contributed by atoms with Crippen LogP contribution >= 0.6 is 23.1 Å². The summed E-state index contributed by atoms with van der Waals surface area (Å²) in [7, 11) is 0. The molecule has 9 heteroatoms. The maximum atomic E-state index is 13.7. The van der Waals surface area contributed by atoms with Crippen molar-refractivity contribution in [3.63, 3.8) is 0 Å². The van der Waals surface area contributed by atoms with E-state index in [1.165, 1.54) is 22.0 Å². The minimum atomic E-state index is -0.381. The lowest BCUT2D eigenvalue weighted by atomic mass is 10.2. The molecule has 0 spiro atoms. The molecule has 4 rings (SSSR count). The van der Waals surface area contributed by atoms with Gasteiger partial charge in [-0.25, -0.2) is 9.37 Å². The molecule has 0 fully saturated rings. The molecule has 0 aliphatic rings. The summed E-state index contributed by atoms with van der Waals surface area (Å²) in [5.74, 6) is -0.0529. The van der Waals surface area contributed by atoms with E-state index in [0.717, 1.165) is 22.2 Å². The number of hydrogen-bond donors (Lipinski definition) is 1. The molecular weight excluding hydrogens is 437 g/mol. The number of carbonyl (C=O) groups is 1. The molecule has 0 atom stereocenters. The van der Waals surface area contributed by atoms with Crippen molar-refractivity contribution in [2.75, 3.05) is 11.1 Å². The summed E-state index contributed by atoms with van der Waals surface area (Å²) in [4.78, 5) is 32.0. The van der Waals surface area contributed by atoms with Crippen LogP contribution in [-0.2, 0) is 11.3 Å². The van der Waals surface area contributed by atoms with Gasteiger partial charge in [-0.15, -0.1) is 11.3 Å². The van der Waals surface area contributed by atoms with Crippen LogP contribution < -0.4 is 10.9 Å². The third-order valence-corrected chi connectivity index (χ3v) is 7.01. The predicted molar refractivity (Wildman–Crippen MR) is 122 cm³/mol. The number of thiophene rings is 1. The summed E-state index contributed by atoms with van der Waals surface area (Å²) in [6.07, 6.45) is 1.55. The molecule has 3 aromatic heterocycles. The molecule has 3 heterocycles. The van der Waals surface area contributed by atoms with Crippen LogP contribution in [0, 0.1) is 26.6 Å². The lowest BCUT2D eigenvalue weighted by Gasteiger charge is -2.11. The molecular formula is C22H20FN3O3S2. The lowest BCUT2D eigenvalue weighted by Crippen LogP contribution is -2.24. The van der Waals surface area contributed by atoms with Crippen molar-refractivity contribution < 1.29 is 13.6 Å². The number of furan rings is 1. The monoisotopic (exact) mass is 457 g/mol. The van der Waals surface area contributed by atoms with Gasteiger partial charge in [0.2, 0.25) is 5.91 Å². The van der Waals surface area contributed by atoms with Crippen LogP contribution in [0.25, 0.3) is 10.2 Å². The van der Waals surface area contributed by atoms with E-state index in [0.29, 0.717) is 32.4 Å². The Morgan fingerprint density at radius 2 is 2.10 bits per heavy atom. The van der Waals surface area contributed by atoms with Gasteiger partial charge in [-0.05, 0) is 56.2 Å². The normalized spacial score (nSPS) is 11.2. The molecule has 0 aliphatic heterocycles. The van der Waals surface area contributed by atoms with E-state index in [2.05, 4.69) is 10.3 Å². The number of aryl methyl sites for hydroxylation is 3. The predicted octanol–water partition coefficient (Wildman–Crippen LogP) is 4.89. The van der Waals surface area contributed by atoms with E-state index >= 15 is 0 Å². The Hall–Kier alpha value is -2.91. The van der Waals surface area contributed by atoms with Crippen LogP contribution in [0.2, 0.25) is 0 Å². The highest BCUT2D eigenvalue weighted by molar-refractivity contribution is 7.99. The molecule has 31 heavy (non-hydrogen) atoms. The van der Waals surface area contributed by atoms with Crippen LogP contribution in [0.5, 0.6) is 0 Å². The maximum absolute atomic E-state index is 13.7. The molecule has 1 N–H and O–H groups in total. The summed E-state index contributed by atoms with van der Waals surface area (Å²) >= 11 is 2.62. The number of halogens is 1. The lowest BCUT2D eigenvalue weighted by molar-refractivity contribution is -0.113. The van der Waals surface area contributed by atoms with Gasteiger partial charge in [-0.3, -0.25) is 14.2 Å². The molecule has 1 amide bonds. The number of nitrogens with zero attached hydrogens (tertiary/aromatic N) is 2. The van der Waals surface area contributed by atoms with Crippen molar-refractivity contribution in [3.8, 4) is 0 Å². The second kappa shape index (κ2) is 8.68. The molecule has 0 unspecified atom stereocenters. The third-order valence-electron chi connectivity index (χ3n) is 4.94. The summed E-state index contributed by atoms with van der Waals surface area (Å²) in [6.45, 7) is 5.75. The van der Waals surface area contributed by atoms with Gasteiger partial charge >= 0.3 is 0 Å². The van der Waals surface area contributed by atoms with Crippen molar-refractivity contribution in [1.29, 1.82) is 0 Å². The number of hydrogen-bond acceptors (Lipinski definition) is 6. The molecule has 1 aromatic carbocycles. The van der Waals surface area contributed by atoms with Crippen molar-refractivity contribution >= 4 is 44.9 Å². The number of anilines is 1. The zero-order chi connectivity index (χ0) is 22.1. The second-order valence-corrected chi connectivity index (χ2v) is 9.27. The van der Waals surface area contributed by atoms with Gasteiger partial charge in [-0.2, -0.15) is 0 Å². The van der Waals surface area contributed by atoms with Crippen LogP contribution in [0.4, 0.5) is 10.1 Å². The Morgan fingerprint density at radius 1 is 1.29 bits per heavy atom. The summed E-state index contributed by atoms with van der Waals surface area (Å²) in [6, 6.07) is 8.08. The first kappa shape index (κ1) is 21.3. The van der Waals surface area contributed by atoms with E-state index in [9.17, 15) is 14.0 Å². The Kier molecular flexibility index (Phi) is 5.97. The highest BCUT2D eigenvalue weighted by Crippen LogP contribution is 2.29. The zero-order valence-corrected chi connectivity index (χ0v) is 18.8. The Morgan fingerprint density at radius 3 is 2.81 bits per heavy atom. The van der Waals surface area contributed by atoms with Crippen LogP contribution in [0.3, 0.4) is 0 Å². The quantitative estimate of drug-likeness (QED) is 0.329. The summed E-state index contributed by atoms with van der Waals surface area (Å²) < 4.78 is 20.7. The van der Waals surface area contributed by atoms with E-state index in [4.69, 9.17) is 4.42 Å². The fraction of sp³-hybridized carbons (Fsp3) is 0.227. The van der Waals surface area contributed by atoms with E-state index in [1.54, 1.807) is 37.5 Å². The third kappa shape index (κ3) is 4.42. The van der Waals surface area contributed by atoms with E-state index in [-0.39, 0.29) is 29.6 Å². The van der Waals surface area contributed by atoms with Gasteiger partial charge in [0.15, 0.2) is 5.16 Å². The van der Waals surface area contributed by atoms with E-state index in [1.807, 2.05) is 13.8 Å². The average Bonchev–Trinajstić information content (AvgIpc) is 3.34. The number of nitrogens with one attached hydrogen (secondary N) is 1. The number of benzene rings is 1. The van der Waals surface area contributed by atoms with Crippen molar-refractivity contribution in [2.45, 2.75) is 32.5 Å². The van der Waals surface area contributed by atoms with Crippen molar-refractivity contribution in [3.05, 3.63) is 74.5 Å². The topological polar surface area (TPSA) is 77.1 Å². The van der Waals surface area contributed by atoms with Crippen LogP contribution in [0.15, 0.2) is 51.0 Å². The minimum absolute atomic E-state index is 0.0228. The van der Waals surface area contributed by atoms with Crippen molar-refractivity contribution in [1.82, 2.24) is 9.55 Å². The smallest absolute Gasteiger partial charge is 0.263 e. The Labute approximate surface area is 186 Å². The number of amides is 1. The molecule has 0 saturated carbocycles. The molecule has 4 aromatic rings. The fourth-order valence-corrected chi connectivity index (χ4v) is 4.98. The van der Waals surface area contributed by atoms with Gasteiger partial charge < -0.3 is 9.73 Å². The Balaban J connectivity index is 1.61. The first-order valence-electron chi connectivity index (χ1n) is 9.55. The van der Waals surface area contributed by atoms with Crippen molar-refractivity contribution in [2.24, 2.45) is 0 Å². The van der Waals surface area contributed by atoms with Gasteiger partial charge in [-0.1, -0.05) is 17.8 Å². The highest BCUT2D eigenvalue weighted by atomic mass is 32.2. The standard InChI is InChI=1S/C22H20FN3O3S2/c1-12-6-7-15(9-17(12)23)24-18(27)11-30-22-25-20-19(13(2)14(3)31-20)21(28)26(22)10-16-5-4-8-29-16/h4-9H,10-11H2,1-3H3,(H,24,27). The van der Waals surface area contributed by atoms with Crippen LogP contribution in [-0.4, -0.2) is 21.2 Å². The fourth-order valence-electron chi connectivity index (χ4n) is 3.11. The molecule has 0 aliphatic carbocycles. The molecule has 160 valence electrons. The van der Waals surface area contributed by atoms with Gasteiger partial charge in [0, 0.05) is 10.6 Å². The highest BCUT2D eigenvalue weighted by Gasteiger charge is 2.18. The maximum Gasteiger partial charge on any atom is 0.263 e.